The van der Waals surface area contributed by atoms with Crippen molar-refractivity contribution in [1.29, 1.82) is 0 Å². The molecule has 1 aromatic rings. The van der Waals surface area contributed by atoms with Crippen LogP contribution in [0.4, 0.5) is 5.69 Å². The molecule has 4 nitrogen and oxygen atoms in total. The molecule has 5 heteroatoms. The molecule has 94 valence electrons. The van der Waals surface area contributed by atoms with E-state index in [9.17, 15) is 9.90 Å². The van der Waals surface area contributed by atoms with Crippen molar-refractivity contribution in [3.63, 3.8) is 0 Å². The van der Waals surface area contributed by atoms with Crippen LogP contribution in [0.15, 0.2) is 18.2 Å². The summed E-state index contributed by atoms with van der Waals surface area (Å²) in [7, 11) is 1.73. The second-order valence-corrected chi connectivity index (χ2v) is 5.07. The lowest BCUT2D eigenvalue weighted by atomic mass is 10.1. The molecule has 0 aliphatic carbocycles. The third kappa shape index (κ3) is 3.91. The Hall–Kier alpha value is -1.26. The van der Waals surface area contributed by atoms with Crippen molar-refractivity contribution in [2.75, 3.05) is 18.5 Å². The van der Waals surface area contributed by atoms with Gasteiger partial charge in [0, 0.05) is 18.6 Å². The molecule has 0 saturated heterocycles. The average molecular weight is 258 g/mol. The van der Waals surface area contributed by atoms with Gasteiger partial charge in [0.05, 0.1) is 16.9 Å². The van der Waals surface area contributed by atoms with Gasteiger partial charge in [0.15, 0.2) is 0 Å². The molecule has 0 unspecified atom stereocenters. The third-order valence-electron chi connectivity index (χ3n) is 2.22. The molecule has 17 heavy (non-hydrogen) atoms. The zero-order valence-electron chi connectivity index (χ0n) is 10.1. The lowest BCUT2D eigenvalue weighted by Crippen LogP contribution is -2.36. The van der Waals surface area contributed by atoms with Gasteiger partial charge in [-0.3, -0.25) is 0 Å². The van der Waals surface area contributed by atoms with Crippen LogP contribution in [-0.4, -0.2) is 35.4 Å². The predicted molar refractivity (Wildman–Crippen MR) is 68.0 cm³/mol. The molecular formula is C12H16ClNO3. The van der Waals surface area contributed by atoms with Crippen LogP contribution in [-0.2, 0) is 0 Å². The smallest absolute Gasteiger partial charge is 0.337 e. The first-order valence-corrected chi connectivity index (χ1v) is 5.55. The number of nitrogens with zero attached hydrogens (tertiary/aromatic N) is 1. The summed E-state index contributed by atoms with van der Waals surface area (Å²) < 4.78 is 0. The van der Waals surface area contributed by atoms with Crippen LogP contribution in [0.5, 0.6) is 0 Å². The molecule has 1 aromatic carbocycles. The molecule has 0 aromatic heterocycles. The van der Waals surface area contributed by atoms with Crippen molar-refractivity contribution >= 4 is 23.3 Å². The van der Waals surface area contributed by atoms with E-state index in [1.165, 1.54) is 6.07 Å². The molecule has 0 aliphatic heterocycles. The number of aromatic carboxylic acids is 1. The molecule has 0 bridgehead atoms. The van der Waals surface area contributed by atoms with Crippen molar-refractivity contribution in [1.82, 2.24) is 0 Å². The summed E-state index contributed by atoms with van der Waals surface area (Å²) in [6, 6.07) is 4.67. The summed E-state index contributed by atoms with van der Waals surface area (Å²) in [5.74, 6) is -1.04. The van der Waals surface area contributed by atoms with Crippen molar-refractivity contribution in [2.45, 2.75) is 19.4 Å². The Labute approximate surface area is 105 Å². The van der Waals surface area contributed by atoms with Gasteiger partial charge >= 0.3 is 5.97 Å². The molecule has 0 aliphatic rings. The van der Waals surface area contributed by atoms with Crippen LogP contribution in [0.25, 0.3) is 0 Å². The Morgan fingerprint density at radius 1 is 1.47 bits per heavy atom. The van der Waals surface area contributed by atoms with Crippen LogP contribution in [0.3, 0.4) is 0 Å². The summed E-state index contributed by atoms with van der Waals surface area (Å²) in [5.41, 5.74) is -0.238. The van der Waals surface area contributed by atoms with Gasteiger partial charge in [0.1, 0.15) is 0 Å². The number of carbonyl (C=O) groups is 1. The van der Waals surface area contributed by atoms with E-state index in [0.717, 1.165) is 0 Å². The van der Waals surface area contributed by atoms with Gasteiger partial charge in [-0.1, -0.05) is 11.6 Å². The second-order valence-electron chi connectivity index (χ2n) is 4.64. The topological polar surface area (TPSA) is 60.8 Å². The monoisotopic (exact) mass is 257 g/mol. The fourth-order valence-corrected chi connectivity index (χ4v) is 1.85. The zero-order chi connectivity index (χ0) is 13.2. The van der Waals surface area contributed by atoms with Crippen molar-refractivity contribution in [3.05, 3.63) is 28.8 Å². The summed E-state index contributed by atoms with van der Waals surface area (Å²) in [6.45, 7) is 3.66. The Balaban J connectivity index is 3.09. The highest BCUT2D eigenvalue weighted by atomic mass is 35.5. The molecule has 0 spiro atoms. The number of benzene rings is 1. The van der Waals surface area contributed by atoms with Crippen LogP contribution in [0.2, 0.25) is 5.02 Å². The van der Waals surface area contributed by atoms with E-state index in [0.29, 0.717) is 17.3 Å². The first kappa shape index (κ1) is 13.8. The van der Waals surface area contributed by atoms with Gasteiger partial charge in [-0.05, 0) is 32.0 Å². The largest absolute Gasteiger partial charge is 0.478 e. The number of aliphatic hydroxyl groups is 1. The fourth-order valence-electron chi connectivity index (χ4n) is 1.68. The number of anilines is 1. The van der Waals surface area contributed by atoms with E-state index in [1.54, 1.807) is 37.9 Å². The highest BCUT2D eigenvalue weighted by molar-refractivity contribution is 6.31. The van der Waals surface area contributed by atoms with Gasteiger partial charge in [0.25, 0.3) is 0 Å². The SMILES string of the molecule is CN(CC(C)(C)O)c1ccc(Cl)cc1C(=O)O. The van der Waals surface area contributed by atoms with Crippen LogP contribution < -0.4 is 4.90 Å². The standard InChI is InChI=1S/C12H16ClNO3/c1-12(2,17)7-14(3)10-5-4-8(13)6-9(10)11(15)16/h4-6,17H,7H2,1-3H3,(H,15,16). The summed E-state index contributed by atoms with van der Waals surface area (Å²) in [5, 5.41) is 19.2. The molecule has 0 saturated carbocycles. The average Bonchev–Trinajstić information content (AvgIpc) is 2.14. The number of carboxylic acids is 1. The molecular weight excluding hydrogens is 242 g/mol. The van der Waals surface area contributed by atoms with Crippen molar-refractivity contribution in [3.8, 4) is 0 Å². The summed E-state index contributed by atoms with van der Waals surface area (Å²) in [4.78, 5) is 12.8. The van der Waals surface area contributed by atoms with Gasteiger partial charge in [-0.15, -0.1) is 0 Å². The minimum absolute atomic E-state index is 0.129. The first-order valence-electron chi connectivity index (χ1n) is 5.17. The quantitative estimate of drug-likeness (QED) is 0.869. The Morgan fingerprint density at radius 3 is 2.53 bits per heavy atom. The van der Waals surface area contributed by atoms with E-state index in [2.05, 4.69) is 0 Å². The lowest BCUT2D eigenvalue weighted by molar-refractivity contribution is 0.0694. The van der Waals surface area contributed by atoms with E-state index in [1.807, 2.05) is 0 Å². The lowest BCUT2D eigenvalue weighted by Gasteiger charge is -2.28. The normalized spacial score (nSPS) is 11.4. The Kier molecular flexibility index (Phi) is 4.01. The fraction of sp³-hybridized carbons (Fsp3) is 0.417. The molecule has 0 atom stereocenters. The van der Waals surface area contributed by atoms with Crippen LogP contribution in [0, 0.1) is 0 Å². The number of carboxylic acid groups (broad SMARTS) is 1. The van der Waals surface area contributed by atoms with Gasteiger partial charge in [0.2, 0.25) is 0 Å². The van der Waals surface area contributed by atoms with Gasteiger partial charge < -0.3 is 15.1 Å². The Bertz CT molecular complexity index is 426. The predicted octanol–water partition coefficient (Wildman–Crippen LogP) is 2.25. The van der Waals surface area contributed by atoms with E-state index in [-0.39, 0.29) is 5.56 Å². The zero-order valence-corrected chi connectivity index (χ0v) is 10.8. The number of halogens is 1. The highest BCUT2D eigenvalue weighted by Gasteiger charge is 2.20. The van der Waals surface area contributed by atoms with E-state index < -0.39 is 11.6 Å². The number of rotatable bonds is 4. The minimum Gasteiger partial charge on any atom is -0.478 e. The molecule has 0 amide bonds. The molecule has 1 rings (SSSR count). The number of likely N-dealkylation sites (N-methyl/N-ethyl adjacent to an activating group) is 1. The number of hydrogen-bond donors (Lipinski definition) is 2. The maximum Gasteiger partial charge on any atom is 0.337 e. The van der Waals surface area contributed by atoms with Crippen LogP contribution in [0.1, 0.15) is 24.2 Å². The molecule has 0 fully saturated rings. The van der Waals surface area contributed by atoms with Crippen molar-refractivity contribution < 1.29 is 15.0 Å². The number of hydrogen-bond acceptors (Lipinski definition) is 3. The van der Waals surface area contributed by atoms with Gasteiger partial charge in [-0.25, -0.2) is 4.79 Å². The first-order chi connectivity index (χ1) is 7.70. The van der Waals surface area contributed by atoms with Crippen molar-refractivity contribution in [2.24, 2.45) is 0 Å². The highest BCUT2D eigenvalue weighted by Crippen LogP contribution is 2.24. The molecule has 2 N–H and O–H groups in total. The third-order valence-corrected chi connectivity index (χ3v) is 2.46. The van der Waals surface area contributed by atoms with E-state index in [4.69, 9.17) is 16.7 Å². The van der Waals surface area contributed by atoms with E-state index >= 15 is 0 Å². The second kappa shape index (κ2) is 4.94. The van der Waals surface area contributed by atoms with Gasteiger partial charge in [-0.2, -0.15) is 0 Å². The molecule has 0 radical (unpaired) electrons. The van der Waals surface area contributed by atoms with Crippen LogP contribution >= 0.6 is 11.6 Å². The minimum atomic E-state index is -1.04. The maximum absolute atomic E-state index is 11.1. The molecule has 0 heterocycles. The Morgan fingerprint density at radius 2 is 2.06 bits per heavy atom. The maximum atomic E-state index is 11.1. The summed E-state index contributed by atoms with van der Waals surface area (Å²) in [6.07, 6.45) is 0. The summed E-state index contributed by atoms with van der Waals surface area (Å²) >= 11 is 5.77.